The highest BCUT2D eigenvalue weighted by Gasteiger charge is 2.12. The summed E-state index contributed by atoms with van der Waals surface area (Å²) in [5, 5.41) is 8.74. The van der Waals surface area contributed by atoms with Crippen molar-refractivity contribution in [3.05, 3.63) is 41.2 Å². The van der Waals surface area contributed by atoms with Crippen LogP contribution in [0.25, 0.3) is 0 Å². The summed E-state index contributed by atoms with van der Waals surface area (Å²) in [5.74, 6) is -0.672. The van der Waals surface area contributed by atoms with Crippen LogP contribution in [-0.2, 0) is 19.1 Å². The summed E-state index contributed by atoms with van der Waals surface area (Å²) in [6, 6.07) is 7.11. The van der Waals surface area contributed by atoms with Gasteiger partial charge in [-0.25, -0.2) is 0 Å². The average molecular weight is 359 g/mol. The quantitative estimate of drug-likeness (QED) is 0.735. The molecule has 0 saturated heterocycles. The Labute approximate surface area is 150 Å². The van der Waals surface area contributed by atoms with Gasteiger partial charge in [-0.2, -0.15) is 0 Å². The van der Waals surface area contributed by atoms with Crippen molar-refractivity contribution in [3.63, 3.8) is 0 Å². The van der Waals surface area contributed by atoms with E-state index >= 15 is 0 Å². The van der Waals surface area contributed by atoms with E-state index in [0.29, 0.717) is 11.4 Å². The van der Waals surface area contributed by atoms with Crippen molar-refractivity contribution in [2.45, 2.75) is 33.6 Å². The van der Waals surface area contributed by atoms with Crippen LogP contribution >= 0.6 is 0 Å². The number of aromatic nitrogens is 1. The number of rotatable bonds is 7. The van der Waals surface area contributed by atoms with Gasteiger partial charge in [0.25, 0.3) is 5.91 Å². The lowest BCUT2D eigenvalue weighted by Crippen LogP contribution is -2.22. The number of amides is 2. The number of hydrogen-bond donors (Lipinski definition) is 2. The second-order valence-electron chi connectivity index (χ2n) is 5.88. The average Bonchev–Trinajstić information content (AvgIpc) is 2.99. The highest BCUT2D eigenvalue weighted by molar-refractivity contribution is 5.94. The molecule has 0 saturated carbocycles. The number of ether oxygens (including phenoxy) is 1. The Balaban J connectivity index is 1.68. The molecule has 0 unspecified atom stereocenters. The highest BCUT2D eigenvalue weighted by atomic mass is 16.5. The molecule has 0 aliphatic heterocycles. The molecule has 2 rings (SSSR count). The van der Waals surface area contributed by atoms with Gasteiger partial charge in [0.05, 0.1) is 6.42 Å². The van der Waals surface area contributed by atoms with Crippen LogP contribution in [0.15, 0.2) is 28.8 Å². The zero-order chi connectivity index (χ0) is 19.1. The van der Waals surface area contributed by atoms with Crippen LogP contribution in [0.5, 0.6) is 0 Å². The lowest BCUT2D eigenvalue weighted by molar-refractivity contribution is -0.147. The summed E-state index contributed by atoms with van der Waals surface area (Å²) in [4.78, 5) is 35.1. The first-order valence-corrected chi connectivity index (χ1v) is 8.09. The Morgan fingerprint density at radius 3 is 2.42 bits per heavy atom. The topological polar surface area (TPSA) is 111 Å². The summed E-state index contributed by atoms with van der Waals surface area (Å²) in [7, 11) is 0. The van der Waals surface area contributed by atoms with Crippen LogP contribution < -0.4 is 10.6 Å². The first-order chi connectivity index (χ1) is 12.3. The molecule has 8 heteroatoms. The molecule has 0 aliphatic carbocycles. The van der Waals surface area contributed by atoms with Gasteiger partial charge >= 0.3 is 5.97 Å². The molecule has 0 radical (unpaired) electrons. The number of hydrogen-bond acceptors (Lipinski definition) is 6. The van der Waals surface area contributed by atoms with E-state index in [-0.39, 0.29) is 24.6 Å². The fourth-order valence-electron chi connectivity index (χ4n) is 2.08. The van der Waals surface area contributed by atoms with Crippen LogP contribution in [0, 0.1) is 20.8 Å². The summed E-state index contributed by atoms with van der Waals surface area (Å²) in [5.41, 5.74) is 2.87. The van der Waals surface area contributed by atoms with Crippen LogP contribution in [0.1, 0.15) is 29.7 Å². The van der Waals surface area contributed by atoms with E-state index in [9.17, 15) is 14.4 Å². The molecule has 1 aromatic heterocycles. The van der Waals surface area contributed by atoms with E-state index in [4.69, 9.17) is 9.26 Å². The molecule has 26 heavy (non-hydrogen) atoms. The van der Waals surface area contributed by atoms with Crippen LogP contribution in [0.3, 0.4) is 0 Å². The van der Waals surface area contributed by atoms with Crippen molar-refractivity contribution in [1.29, 1.82) is 0 Å². The summed E-state index contributed by atoms with van der Waals surface area (Å²) >= 11 is 0. The monoisotopic (exact) mass is 359 g/mol. The Bertz CT molecular complexity index is 813. The molecular weight excluding hydrogens is 338 g/mol. The van der Waals surface area contributed by atoms with Gasteiger partial charge < -0.3 is 19.9 Å². The summed E-state index contributed by atoms with van der Waals surface area (Å²) in [6.07, 6.45) is -0.150. The third kappa shape index (κ3) is 6.04. The van der Waals surface area contributed by atoms with E-state index in [2.05, 4.69) is 15.8 Å². The lowest BCUT2D eigenvalue weighted by atomic mass is 10.1. The third-order valence-electron chi connectivity index (χ3n) is 3.61. The fraction of sp³-hybridized carbons (Fsp3) is 0.333. The number of benzene rings is 1. The molecule has 2 amide bonds. The maximum Gasteiger partial charge on any atom is 0.306 e. The lowest BCUT2D eigenvalue weighted by Gasteiger charge is -2.08. The fourth-order valence-corrected chi connectivity index (χ4v) is 2.08. The molecular formula is C18H21N3O5. The van der Waals surface area contributed by atoms with Gasteiger partial charge in [-0.1, -0.05) is 11.2 Å². The van der Waals surface area contributed by atoms with E-state index in [1.807, 2.05) is 26.0 Å². The van der Waals surface area contributed by atoms with E-state index in [1.54, 1.807) is 13.0 Å². The van der Waals surface area contributed by atoms with Crippen molar-refractivity contribution in [3.8, 4) is 0 Å². The Morgan fingerprint density at radius 1 is 1.00 bits per heavy atom. The molecule has 8 nitrogen and oxygen atoms in total. The zero-order valence-corrected chi connectivity index (χ0v) is 14.9. The predicted molar refractivity (Wildman–Crippen MR) is 94.6 cm³/mol. The summed E-state index contributed by atoms with van der Waals surface area (Å²) in [6.45, 7) is 5.17. The van der Waals surface area contributed by atoms with Crippen LogP contribution in [0.4, 0.5) is 11.5 Å². The number of esters is 1. The maximum absolute atomic E-state index is 11.9. The number of carbonyl (C=O) groups is 3. The number of carbonyl (C=O) groups excluding carboxylic acids is 3. The first kappa shape index (κ1) is 19.2. The molecule has 0 bridgehead atoms. The molecule has 0 fully saturated rings. The molecule has 0 spiro atoms. The van der Waals surface area contributed by atoms with Crippen molar-refractivity contribution in [2.75, 3.05) is 17.2 Å². The first-order valence-electron chi connectivity index (χ1n) is 8.09. The number of nitrogens with one attached hydrogen (secondary N) is 2. The van der Waals surface area contributed by atoms with Crippen molar-refractivity contribution < 1.29 is 23.6 Å². The summed E-state index contributed by atoms with van der Waals surface area (Å²) < 4.78 is 9.63. The molecule has 1 aromatic carbocycles. The van der Waals surface area contributed by atoms with Gasteiger partial charge in [-0.3, -0.25) is 14.4 Å². The van der Waals surface area contributed by atoms with Crippen molar-refractivity contribution >= 4 is 29.3 Å². The van der Waals surface area contributed by atoms with Gasteiger partial charge in [-0.15, -0.1) is 0 Å². The van der Waals surface area contributed by atoms with Gasteiger partial charge in [0.15, 0.2) is 12.4 Å². The molecule has 1 heterocycles. The molecule has 0 aliphatic rings. The smallest absolute Gasteiger partial charge is 0.306 e. The SMILES string of the molecule is Cc1cc(NC(=O)COC(=O)CCC(=O)Nc2ccc(C)c(C)c2)no1. The molecule has 2 aromatic rings. The Morgan fingerprint density at radius 2 is 1.77 bits per heavy atom. The van der Waals surface area contributed by atoms with E-state index < -0.39 is 18.5 Å². The predicted octanol–water partition coefficient (Wildman–Crippen LogP) is 2.50. The van der Waals surface area contributed by atoms with Gasteiger partial charge in [-0.05, 0) is 44.0 Å². The number of anilines is 2. The Kier molecular flexibility index (Phi) is 6.48. The molecule has 0 atom stereocenters. The molecule has 2 N–H and O–H groups in total. The zero-order valence-electron chi connectivity index (χ0n) is 14.9. The maximum atomic E-state index is 11.9. The Hall–Kier alpha value is -3.16. The highest BCUT2D eigenvalue weighted by Crippen LogP contribution is 2.14. The molecule has 138 valence electrons. The van der Waals surface area contributed by atoms with Gasteiger partial charge in [0, 0.05) is 18.2 Å². The minimum Gasteiger partial charge on any atom is -0.456 e. The van der Waals surface area contributed by atoms with Gasteiger partial charge in [0.1, 0.15) is 5.76 Å². The second kappa shape index (κ2) is 8.80. The van der Waals surface area contributed by atoms with Crippen LogP contribution in [0.2, 0.25) is 0 Å². The number of nitrogens with zero attached hydrogens (tertiary/aromatic N) is 1. The van der Waals surface area contributed by atoms with Crippen molar-refractivity contribution in [2.24, 2.45) is 0 Å². The third-order valence-corrected chi connectivity index (χ3v) is 3.61. The normalized spacial score (nSPS) is 10.3. The standard InChI is InChI=1S/C18H21N3O5/c1-11-4-5-14(8-12(11)2)19-16(22)6-7-18(24)25-10-17(23)20-15-9-13(3)26-21-15/h4-5,8-9H,6-7,10H2,1-3H3,(H,19,22)(H,20,21,23). The minimum atomic E-state index is -0.633. The van der Waals surface area contributed by atoms with Crippen molar-refractivity contribution in [1.82, 2.24) is 5.16 Å². The number of aryl methyl sites for hydroxylation is 3. The second-order valence-corrected chi connectivity index (χ2v) is 5.88. The van der Waals surface area contributed by atoms with Crippen LogP contribution in [-0.4, -0.2) is 29.5 Å². The van der Waals surface area contributed by atoms with Gasteiger partial charge in [0.2, 0.25) is 5.91 Å². The minimum absolute atomic E-state index is 0.0319. The van der Waals surface area contributed by atoms with E-state index in [0.717, 1.165) is 11.1 Å². The largest absolute Gasteiger partial charge is 0.456 e. The van der Waals surface area contributed by atoms with E-state index in [1.165, 1.54) is 6.07 Å².